The second-order valence-electron chi connectivity index (χ2n) is 3.51. The van der Waals surface area contributed by atoms with Gasteiger partial charge in [0.2, 0.25) is 0 Å². The molecule has 1 unspecified atom stereocenters. The first kappa shape index (κ1) is 13.1. The lowest BCUT2D eigenvalue weighted by molar-refractivity contribution is -0.385. The number of nitro groups is 1. The van der Waals surface area contributed by atoms with Crippen molar-refractivity contribution < 1.29 is 14.5 Å². The molecule has 0 aliphatic rings. The quantitative estimate of drug-likeness (QED) is 0.439. The van der Waals surface area contributed by atoms with Gasteiger partial charge in [0, 0.05) is 19.5 Å². The van der Waals surface area contributed by atoms with E-state index in [1.807, 2.05) is 0 Å². The fourth-order valence-corrected chi connectivity index (χ4v) is 1.63. The van der Waals surface area contributed by atoms with E-state index < -0.39 is 16.8 Å². The Bertz CT molecular complexity index is 429. The molecule has 0 radical (unpaired) electrons. The molecular weight excluding hydrogens is 228 g/mol. The van der Waals surface area contributed by atoms with E-state index in [2.05, 4.69) is 9.84 Å². The molecule has 0 amide bonds. The van der Waals surface area contributed by atoms with Crippen LogP contribution in [0.1, 0.15) is 18.0 Å². The van der Waals surface area contributed by atoms with E-state index in [0.717, 1.165) is 6.20 Å². The summed E-state index contributed by atoms with van der Waals surface area (Å²) in [5.74, 6) is -0.939. The minimum Gasteiger partial charge on any atom is -0.469 e. The molecule has 2 N–H and O–H groups in total. The zero-order valence-corrected chi connectivity index (χ0v) is 9.62. The van der Waals surface area contributed by atoms with Gasteiger partial charge in [-0.25, -0.2) is 0 Å². The maximum Gasteiger partial charge on any atom is 0.310 e. The zero-order chi connectivity index (χ0) is 13.0. The number of carbonyl (C=O) groups excluding carboxylic acids is 1. The van der Waals surface area contributed by atoms with E-state index >= 15 is 0 Å². The number of methoxy groups -OCH3 is 1. The maximum absolute atomic E-state index is 11.2. The first-order chi connectivity index (χ1) is 8.01. The lowest BCUT2D eigenvalue weighted by Crippen LogP contribution is -2.20. The number of nitrogens with two attached hydrogens (primary N) is 1. The van der Waals surface area contributed by atoms with Crippen molar-refractivity contribution in [3.05, 3.63) is 22.0 Å². The highest BCUT2D eigenvalue weighted by atomic mass is 16.6. The van der Waals surface area contributed by atoms with Gasteiger partial charge >= 0.3 is 11.7 Å². The molecular formula is C9H14N4O4. The number of aryl methyl sites for hydroxylation is 1. The van der Waals surface area contributed by atoms with Gasteiger partial charge in [-0.2, -0.15) is 5.10 Å². The van der Waals surface area contributed by atoms with Crippen molar-refractivity contribution in [2.45, 2.75) is 12.3 Å². The van der Waals surface area contributed by atoms with Crippen LogP contribution >= 0.6 is 0 Å². The largest absolute Gasteiger partial charge is 0.469 e. The Morgan fingerprint density at radius 3 is 2.88 bits per heavy atom. The zero-order valence-electron chi connectivity index (χ0n) is 9.62. The SMILES string of the molecule is COC(=O)CC(CN)c1c([N+](=O)[O-])cnn1C. The molecule has 1 aromatic rings. The second-order valence-corrected chi connectivity index (χ2v) is 3.51. The molecule has 0 fully saturated rings. The summed E-state index contributed by atoms with van der Waals surface area (Å²) in [7, 11) is 2.83. The average molecular weight is 242 g/mol. The fourth-order valence-electron chi connectivity index (χ4n) is 1.63. The minimum absolute atomic E-state index is 0.00657. The summed E-state index contributed by atoms with van der Waals surface area (Å²) in [5, 5.41) is 14.6. The van der Waals surface area contributed by atoms with Crippen molar-refractivity contribution in [1.29, 1.82) is 0 Å². The second kappa shape index (κ2) is 5.39. The highest BCUT2D eigenvalue weighted by molar-refractivity contribution is 5.70. The molecule has 1 heterocycles. The molecule has 0 aromatic carbocycles. The molecule has 8 nitrogen and oxygen atoms in total. The van der Waals surface area contributed by atoms with Crippen molar-refractivity contribution >= 4 is 11.7 Å². The van der Waals surface area contributed by atoms with E-state index in [1.165, 1.54) is 11.8 Å². The summed E-state index contributed by atoms with van der Waals surface area (Å²) >= 11 is 0. The molecule has 0 saturated carbocycles. The third kappa shape index (κ3) is 2.78. The van der Waals surface area contributed by atoms with Gasteiger partial charge in [0.15, 0.2) is 0 Å². The van der Waals surface area contributed by atoms with Gasteiger partial charge in [-0.1, -0.05) is 0 Å². The third-order valence-corrected chi connectivity index (χ3v) is 2.47. The highest BCUT2D eigenvalue weighted by Gasteiger charge is 2.27. The molecule has 0 spiro atoms. The van der Waals surface area contributed by atoms with Crippen molar-refractivity contribution in [3.8, 4) is 0 Å². The normalized spacial score (nSPS) is 12.2. The van der Waals surface area contributed by atoms with Crippen LogP contribution in [0, 0.1) is 10.1 Å². The third-order valence-electron chi connectivity index (χ3n) is 2.47. The smallest absolute Gasteiger partial charge is 0.310 e. The van der Waals surface area contributed by atoms with Gasteiger partial charge in [-0.15, -0.1) is 0 Å². The molecule has 94 valence electrons. The maximum atomic E-state index is 11.2. The first-order valence-corrected chi connectivity index (χ1v) is 4.94. The van der Waals surface area contributed by atoms with Crippen LogP contribution in [-0.2, 0) is 16.6 Å². The fraction of sp³-hybridized carbons (Fsp3) is 0.556. The summed E-state index contributed by atoms with van der Waals surface area (Å²) in [6.07, 6.45) is 1.14. The first-order valence-electron chi connectivity index (χ1n) is 4.94. The van der Waals surface area contributed by atoms with E-state index in [1.54, 1.807) is 7.05 Å². The van der Waals surface area contributed by atoms with E-state index in [4.69, 9.17) is 5.73 Å². The molecule has 0 bridgehead atoms. The summed E-state index contributed by atoms with van der Waals surface area (Å²) in [4.78, 5) is 21.5. The van der Waals surface area contributed by atoms with Crippen LogP contribution in [0.5, 0.6) is 0 Å². The van der Waals surface area contributed by atoms with Crippen LogP contribution in [0.4, 0.5) is 5.69 Å². The standard InChI is InChI=1S/C9H14N4O4/c1-12-9(7(5-11-12)13(15)16)6(4-10)3-8(14)17-2/h5-6H,3-4,10H2,1-2H3. The Morgan fingerprint density at radius 1 is 1.76 bits per heavy atom. The molecule has 1 aromatic heterocycles. The van der Waals surface area contributed by atoms with Gasteiger partial charge in [0.05, 0.1) is 18.5 Å². The predicted octanol–water partition coefficient (Wildman–Crippen LogP) is -0.0663. The Morgan fingerprint density at radius 2 is 2.41 bits per heavy atom. The predicted molar refractivity (Wildman–Crippen MR) is 58.3 cm³/mol. The van der Waals surface area contributed by atoms with Gasteiger partial charge in [-0.3, -0.25) is 19.6 Å². The number of hydrogen-bond acceptors (Lipinski definition) is 6. The monoisotopic (exact) mass is 242 g/mol. The molecule has 17 heavy (non-hydrogen) atoms. The van der Waals surface area contributed by atoms with Crippen molar-refractivity contribution in [2.24, 2.45) is 12.8 Å². The number of rotatable bonds is 5. The Labute approximate surface area is 97.5 Å². The van der Waals surface area contributed by atoms with Gasteiger partial charge in [0.1, 0.15) is 11.9 Å². The number of hydrogen-bond donors (Lipinski definition) is 1. The van der Waals surface area contributed by atoms with Crippen LogP contribution < -0.4 is 5.73 Å². The summed E-state index contributed by atoms with van der Waals surface area (Å²) in [6.45, 7) is 0.107. The van der Waals surface area contributed by atoms with Crippen LogP contribution in [0.2, 0.25) is 0 Å². The molecule has 1 atom stereocenters. The molecule has 0 aliphatic heterocycles. The Balaban J connectivity index is 3.06. The van der Waals surface area contributed by atoms with E-state index in [9.17, 15) is 14.9 Å². The summed E-state index contributed by atoms with van der Waals surface area (Å²) in [5.41, 5.74) is 5.74. The van der Waals surface area contributed by atoms with Gasteiger partial charge in [0.25, 0.3) is 0 Å². The van der Waals surface area contributed by atoms with Gasteiger partial charge < -0.3 is 10.5 Å². The highest BCUT2D eigenvalue weighted by Crippen LogP contribution is 2.27. The summed E-state index contributed by atoms with van der Waals surface area (Å²) < 4.78 is 5.89. The Hall–Kier alpha value is -1.96. The lowest BCUT2D eigenvalue weighted by Gasteiger charge is -2.13. The number of aromatic nitrogens is 2. The molecule has 8 heteroatoms. The van der Waals surface area contributed by atoms with Crippen LogP contribution in [0.15, 0.2) is 6.20 Å². The van der Waals surface area contributed by atoms with Crippen LogP contribution in [0.3, 0.4) is 0 Å². The van der Waals surface area contributed by atoms with Crippen LogP contribution in [0.25, 0.3) is 0 Å². The Kier molecular flexibility index (Phi) is 4.16. The van der Waals surface area contributed by atoms with E-state index in [0.29, 0.717) is 5.69 Å². The molecule has 1 rings (SSSR count). The van der Waals surface area contributed by atoms with E-state index in [-0.39, 0.29) is 18.7 Å². The number of esters is 1. The van der Waals surface area contributed by atoms with Crippen LogP contribution in [-0.4, -0.2) is 34.3 Å². The van der Waals surface area contributed by atoms with Gasteiger partial charge in [-0.05, 0) is 0 Å². The molecule has 0 saturated heterocycles. The number of ether oxygens (including phenoxy) is 1. The minimum atomic E-state index is -0.539. The lowest BCUT2D eigenvalue weighted by atomic mass is 10.0. The van der Waals surface area contributed by atoms with Crippen molar-refractivity contribution in [2.75, 3.05) is 13.7 Å². The average Bonchev–Trinajstić information content (AvgIpc) is 2.67. The summed E-state index contributed by atoms with van der Waals surface area (Å²) in [6, 6.07) is 0. The molecule has 0 aliphatic carbocycles. The number of carbonyl (C=O) groups is 1. The number of nitrogens with zero attached hydrogens (tertiary/aromatic N) is 3. The van der Waals surface area contributed by atoms with Crippen molar-refractivity contribution in [1.82, 2.24) is 9.78 Å². The van der Waals surface area contributed by atoms with Crippen molar-refractivity contribution in [3.63, 3.8) is 0 Å². The topological polar surface area (TPSA) is 113 Å².